The van der Waals surface area contributed by atoms with Gasteiger partial charge in [0, 0.05) is 5.56 Å². The lowest BCUT2D eigenvalue weighted by Crippen LogP contribution is -2.26. The molecule has 0 radical (unpaired) electrons. The molecule has 0 saturated heterocycles. The van der Waals surface area contributed by atoms with Crippen molar-refractivity contribution >= 4 is 24.1 Å². The third-order valence-corrected chi connectivity index (χ3v) is 3.98. The molecule has 2 aromatic carbocycles. The summed E-state index contributed by atoms with van der Waals surface area (Å²) in [6.07, 6.45) is 2.79. The minimum absolute atomic E-state index is 0.0638. The first-order valence-electron chi connectivity index (χ1n) is 8.80. The van der Waals surface area contributed by atoms with Crippen LogP contribution in [-0.4, -0.2) is 35.9 Å². The van der Waals surface area contributed by atoms with Crippen LogP contribution in [0.3, 0.4) is 0 Å². The van der Waals surface area contributed by atoms with E-state index in [1.54, 1.807) is 57.2 Å². The molecule has 0 saturated carbocycles. The number of ketones is 1. The molecule has 6 nitrogen and oxygen atoms in total. The van der Waals surface area contributed by atoms with E-state index in [0.717, 1.165) is 0 Å². The van der Waals surface area contributed by atoms with E-state index in [9.17, 15) is 19.5 Å². The van der Waals surface area contributed by atoms with E-state index in [4.69, 9.17) is 9.47 Å². The predicted molar refractivity (Wildman–Crippen MR) is 105 cm³/mol. The highest BCUT2D eigenvalue weighted by atomic mass is 16.6. The second-order valence-electron chi connectivity index (χ2n) is 6.13. The number of esters is 1. The first kappa shape index (κ1) is 20.9. The third kappa shape index (κ3) is 5.30. The molecule has 2 rings (SSSR count). The lowest BCUT2D eigenvalue weighted by Gasteiger charge is -2.13. The van der Waals surface area contributed by atoms with Gasteiger partial charge in [-0.15, -0.1) is 0 Å². The van der Waals surface area contributed by atoms with Gasteiger partial charge in [0.05, 0.1) is 12.2 Å². The summed E-state index contributed by atoms with van der Waals surface area (Å²) >= 11 is 0. The van der Waals surface area contributed by atoms with E-state index < -0.39 is 12.1 Å². The Labute approximate surface area is 163 Å². The Bertz CT molecular complexity index is 896. The lowest BCUT2D eigenvalue weighted by molar-refractivity contribution is -0.150. The van der Waals surface area contributed by atoms with Crippen molar-refractivity contribution in [2.45, 2.75) is 26.9 Å². The van der Waals surface area contributed by atoms with Crippen LogP contribution in [0.5, 0.6) is 11.5 Å². The number of ether oxygens (including phenoxy) is 2. The van der Waals surface area contributed by atoms with E-state index in [0.29, 0.717) is 28.7 Å². The number of carbonyl (C=O) groups is 3. The number of hydrogen-bond acceptors (Lipinski definition) is 6. The zero-order chi connectivity index (χ0) is 20.7. The molecule has 1 unspecified atom stereocenters. The van der Waals surface area contributed by atoms with Crippen molar-refractivity contribution < 1.29 is 29.0 Å². The number of hydrogen-bond donors (Lipinski definition) is 1. The molecule has 146 valence electrons. The number of carbonyl (C=O) groups excluding carboxylic acids is 3. The number of rotatable bonds is 8. The first-order chi connectivity index (χ1) is 13.3. The lowest BCUT2D eigenvalue weighted by atomic mass is 10.0. The average molecular weight is 382 g/mol. The fourth-order valence-corrected chi connectivity index (χ4v) is 2.50. The minimum Gasteiger partial charge on any atom is -0.507 e. The second-order valence-corrected chi connectivity index (χ2v) is 6.13. The Morgan fingerprint density at radius 3 is 2.46 bits per heavy atom. The SMILES string of the molecule is CCOC(=O)C(C)Oc1ccc(C(=O)/C=C/c2cc(C)c(O)c(C=O)c2)cc1. The van der Waals surface area contributed by atoms with Crippen LogP contribution in [0, 0.1) is 6.92 Å². The maximum absolute atomic E-state index is 12.3. The zero-order valence-corrected chi connectivity index (χ0v) is 16.0. The molecule has 28 heavy (non-hydrogen) atoms. The van der Waals surface area contributed by atoms with Gasteiger partial charge in [-0.2, -0.15) is 0 Å². The van der Waals surface area contributed by atoms with Crippen molar-refractivity contribution in [3.63, 3.8) is 0 Å². The number of aromatic hydroxyl groups is 1. The summed E-state index contributed by atoms with van der Waals surface area (Å²) in [6.45, 7) is 5.27. The molecule has 0 bridgehead atoms. The van der Waals surface area contributed by atoms with E-state index in [2.05, 4.69) is 0 Å². The van der Waals surface area contributed by atoms with E-state index >= 15 is 0 Å². The zero-order valence-electron chi connectivity index (χ0n) is 16.0. The molecular formula is C22H22O6. The Morgan fingerprint density at radius 2 is 1.86 bits per heavy atom. The molecule has 1 atom stereocenters. The van der Waals surface area contributed by atoms with Crippen molar-refractivity contribution in [1.29, 1.82) is 0 Å². The third-order valence-electron chi connectivity index (χ3n) is 3.98. The number of aldehydes is 1. The van der Waals surface area contributed by atoms with Gasteiger partial charge in [-0.1, -0.05) is 6.08 Å². The van der Waals surface area contributed by atoms with Crippen LogP contribution < -0.4 is 4.74 Å². The topological polar surface area (TPSA) is 89.9 Å². The van der Waals surface area contributed by atoms with Crippen LogP contribution in [0.2, 0.25) is 0 Å². The van der Waals surface area contributed by atoms with Crippen molar-refractivity contribution in [3.8, 4) is 11.5 Å². The maximum Gasteiger partial charge on any atom is 0.347 e. The van der Waals surface area contributed by atoms with Crippen molar-refractivity contribution in [2.24, 2.45) is 0 Å². The van der Waals surface area contributed by atoms with Gasteiger partial charge >= 0.3 is 5.97 Å². The quantitative estimate of drug-likeness (QED) is 0.324. The molecule has 1 N–H and O–H groups in total. The number of allylic oxidation sites excluding steroid dienone is 1. The molecule has 0 fully saturated rings. The summed E-state index contributed by atoms with van der Waals surface area (Å²) in [5.41, 5.74) is 1.80. The van der Waals surface area contributed by atoms with E-state index in [1.807, 2.05) is 0 Å². The van der Waals surface area contributed by atoms with Crippen LogP contribution in [0.15, 0.2) is 42.5 Å². The maximum atomic E-state index is 12.3. The van der Waals surface area contributed by atoms with Crippen molar-refractivity contribution in [2.75, 3.05) is 6.61 Å². The molecule has 0 aliphatic carbocycles. The van der Waals surface area contributed by atoms with Gasteiger partial charge < -0.3 is 14.6 Å². The van der Waals surface area contributed by atoms with Crippen LogP contribution >= 0.6 is 0 Å². The highest BCUT2D eigenvalue weighted by Crippen LogP contribution is 2.23. The largest absolute Gasteiger partial charge is 0.507 e. The van der Waals surface area contributed by atoms with Gasteiger partial charge in [-0.25, -0.2) is 4.79 Å². The van der Waals surface area contributed by atoms with Crippen LogP contribution in [0.1, 0.15) is 45.7 Å². The number of benzene rings is 2. The Balaban J connectivity index is 2.07. The van der Waals surface area contributed by atoms with Crippen LogP contribution in [-0.2, 0) is 9.53 Å². The number of phenolic OH excluding ortho intramolecular Hbond substituents is 1. The Hall–Kier alpha value is -3.41. The van der Waals surface area contributed by atoms with Gasteiger partial charge in [0.2, 0.25) is 0 Å². The Morgan fingerprint density at radius 1 is 1.18 bits per heavy atom. The molecule has 0 aromatic heterocycles. The number of phenols is 1. The molecule has 2 aromatic rings. The second kappa shape index (κ2) is 9.50. The summed E-state index contributed by atoms with van der Waals surface area (Å²) in [5, 5.41) is 9.77. The van der Waals surface area contributed by atoms with Crippen LogP contribution in [0.4, 0.5) is 0 Å². The van der Waals surface area contributed by atoms with Crippen LogP contribution in [0.25, 0.3) is 6.08 Å². The van der Waals surface area contributed by atoms with E-state index in [-0.39, 0.29) is 23.7 Å². The summed E-state index contributed by atoms with van der Waals surface area (Å²) in [5.74, 6) is -0.301. The van der Waals surface area contributed by atoms with Gasteiger partial charge in [-0.05, 0) is 74.4 Å². The van der Waals surface area contributed by atoms with E-state index in [1.165, 1.54) is 12.1 Å². The summed E-state index contributed by atoms with van der Waals surface area (Å²) in [4.78, 5) is 34.9. The molecule has 0 amide bonds. The van der Waals surface area contributed by atoms with Gasteiger partial charge in [-0.3, -0.25) is 9.59 Å². The van der Waals surface area contributed by atoms with Crippen molar-refractivity contribution in [1.82, 2.24) is 0 Å². The van der Waals surface area contributed by atoms with Crippen molar-refractivity contribution in [3.05, 3.63) is 64.7 Å². The minimum atomic E-state index is -0.744. The fourth-order valence-electron chi connectivity index (χ4n) is 2.50. The standard InChI is InChI=1S/C22H22O6/c1-4-27-22(26)15(3)28-19-8-6-17(7-9-19)20(24)10-5-16-11-14(2)21(25)18(12-16)13-23/h5-13,15,25H,4H2,1-3H3/b10-5+. The molecule has 0 spiro atoms. The smallest absolute Gasteiger partial charge is 0.347 e. The van der Waals surface area contributed by atoms with Gasteiger partial charge in [0.1, 0.15) is 11.5 Å². The molecule has 0 aliphatic heterocycles. The average Bonchev–Trinajstić information content (AvgIpc) is 2.69. The Kier molecular flexibility index (Phi) is 7.09. The highest BCUT2D eigenvalue weighted by Gasteiger charge is 2.15. The molecule has 6 heteroatoms. The summed E-state index contributed by atoms with van der Waals surface area (Å²) in [7, 11) is 0. The highest BCUT2D eigenvalue weighted by molar-refractivity contribution is 6.07. The molecule has 0 aliphatic rings. The number of aryl methyl sites for hydroxylation is 1. The monoisotopic (exact) mass is 382 g/mol. The predicted octanol–water partition coefficient (Wildman–Crippen LogP) is 3.74. The van der Waals surface area contributed by atoms with Gasteiger partial charge in [0.15, 0.2) is 18.2 Å². The normalized spacial score (nSPS) is 11.8. The molecular weight excluding hydrogens is 360 g/mol. The first-order valence-corrected chi connectivity index (χ1v) is 8.80. The summed E-state index contributed by atoms with van der Waals surface area (Å²) < 4.78 is 10.4. The van der Waals surface area contributed by atoms with Gasteiger partial charge in [0.25, 0.3) is 0 Å². The fraction of sp³-hybridized carbons (Fsp3) is 0.227. The molecule has 0 heterocycles. The summed E-state index contributed by atoms with van der Waals surface area (Å²) in [6, 6.07) is 9.59.